The summed E-state index contributed by atoms with van der Waals surface area (Å²) >= 11 is 13.3. The number of rotatable bonds is 1. The molecule has 0 radical (unpaired) electrons. The van der Waals surface area contributed by atoms with Crippen LogP contribution in [-0.2, 0) is 6.42 Å². The number of carboxylic acid groups (broad SMARTS) is 1. The number of aromatic carboxylic acids is 1. The maximum absolute atomic E-state index is 11.0. The van der Waals surface area contributed by atoms with E-state index in [2.05, 4.69) is 0 Å². The molecule has 0 aromatic heterocycles. The Hall–Kier alpha value is -0.380. The smallest absolute Gasteiger partial charge is 0.337 e. The minimum Gasteiger partial charge on any atom is -0.478 e. The second-order valence-electron chi connectivity index (χ2n) is 2.93. The van der Waals surface area contributed by atoms with Crippen LogP contribution in [-0.4, -0.2) is 16.8 Å². The Bertz CT molecular complexity index is 418. The van der Waals surface area contributed by atoms with Crippen LogP contribution in [0.5, 0.6) is 0 Å². The summed E-state index contributed by atoms with van der Waals surface area (Å²) in [5.74, 6) is -0.108. The zero-order valence-corrected chi connectivity index (χ0v) is 9.34. The fourth-order valence-electron chi connectivity index (χ4n) is 1.50. The van der Waals surface area contributed by atoms with Crippen molar-refractivity contribution in [3.63, 3.8) is 0 Å². The molecular formula is C9H6Cl2O2S. The third kappa shape index (κ3) is 1.49. The number of thioether (sulfide) groups is 1. The van der Waals surface area contributed by atoms with E-state index in [9.17, 15) is 4.79 Å². The van der Waals surface area contributed by atoms with E-state index < -0.39 is 5.97 Å². The first-order valence-corrected chi connectivity index (χ1v) is 5.72. The van der Waals surface area contributed by atoms with Gasteiger partial charge in [0.1, 0.15) is 0 Å². The predicted octanol–water partition coefficient (Wildman–Crippen LogP) is 3.34. The Morgan fingerprint density at radius 3 is 2.86 bits per heavy atom. The molecule has 2 nitrogen and oxygen atoms in total. The Morgan fingerprint density at radius 1 is 1.50 bits per heavy atom. The maximum atomic E-state index is 11.0. The van der Waals surface area contributed by atoms with Gasteiger partial charge in [-0.05, 0) is 18.1 Å². The van der Waals surface area contributed by atoms with Crippen LogP contribution in [0, 0.1) is 0 Å². The van der Waals surface area contributed by atoms with Gasteiger partial charge in [0.25, 0.3) is 0 Å². The fourth-order valence-corrected chi connectivity index (χ4v) is 3.13. The van der Waals surface area contributed by atoms with E-state index in [0.717, 1.165) is 22.6 Å². The van der Waals surface area contributed by atoms with Gasteiger partial charge in [-0.25, -0.2) is 4.79 Å². The fraction of sp³-hybridized carbons (Fsp3) is 0.222. The molecule has 1 aliphatic rings. The van der Waals surface area contributed by atoms with Crippen LogP contribution in [0.3, 0.4) is 0 Å². The van der Waals surface area contributed by atoms with Gasteiger partial charge in [0, 0.05) is 10.6 Å². The number of hydrogen-bond acceptors (Lipinski definition) is 2. The van der Waals surface area contributed by atoms with Crippen LogP contribution in [0.1, 0.15) is 15.9 Å². The third-order valence-corrected chi connectivity index (χ3v) is 3.98. The van der Waals surface area contributed by atoms with Crippen molar-refractivity contribution in [3.05, 3.63) is 27.2 Å². The van der Waals surface area contributed by atoms with Crippen molar-refractivity contribution in [1.82, 2.24) is 0 Å². The molecule has 1 aromatic rings. The first kappa shape index (κ1) is 10.1. The topological polar surface area (TPSA) is 37.3 Å². The van der Waals surface area contributed by atoms with E-state index in [4.69, 9.17) is 28.3 Å². The van der Waals surface area contributed by atoms with E-state index >= 15 is 0 Å². The molecule has 14 heavy (non-hydrogen) atoms. The molecule has 0 saturated carbocycles. The van der Waals surface area contributed by atoms with Gasteiger partial charge in [0.05, 0.1) is 15.6 Å². The highest BCUT2D eigenvalue weighted by Crippen LogP contribution is 2.40. The first-order valence-electron chi connectivity index (χ1n) is 3.98. The third-order valence-electron chi connectivity index (χ3n) is 2.11. The minimum absolute atomic E-state index is 0.153. The first-order chi connectivity index (χ1) is 6.61. The van der Waals surface area contributed by atoms with E-state index in [1.54, 1.807) is 17.8 Å². The van der Waals surface area contributed by atoms with Gasteiger partial charge in [-0.1, -0.05) is 23.2 Å². The molecule has 0 atom stereocenters. The summed E-state index contributed by atoms with van der Waals surface area (Å²) in [7, 11) is 0. The number of hydrogen-bond donors (Lipinski definition) is 1. The quantitative estimate of drug-likeness (QED) is 0.829. The van der Waals surface area contributed by atoms with Crippen LogP contribution < -0.4 is 0 Å². The second-order valence-corrected chi connectivity index (χ2v) is 4.85. The Morgan fingerprint density at radius 2 is 2.21 bits per heavy atom. The van der Waals surface area contributed by atoms with Gasteiger partial charge in [0.2, 0.25) is 0 Å². The molecule has 0 spiro atoms. The largest absolute Gasteiger partial charge is 0.478 e. The lowest BCUT2D eigenvalue weighted by Crippen LogP contribution is -2.03. The SMILES string of the molecule is O=C(O)c1c(Cl)c(Cl)cc2c1CCS2. The Balaban J connectivity index is 2.72. The summed E-state index contributed by atoms with van der Waals surface area (Å²) in [5, 5.41) is 9.47. The molecule has 0 aliphatic carbocycles. The zero-order chi connectivity index (χ0) is 10.3. The lowest BCUT2D eigenvalue weighted by atomic mass is 10.1. The van der Waals surface area contributed by atoms with E-state index in [-0.39, 0.29) is 10.6 Å². The monoisotopic (exact) mass is 248 g/mol. The summed E-state index contributed by atoms with van der Waals surface area (Å²) in [5.41, 5.74) is 0.982. The molecule has 0 unspecified atom stereocenters. The summed E-state index contributed by atoms with van der Waals surface area (Å²) in [6.45, 7) is 0. The average molecular weight is 249 g/mol. The van der Waals surface area contributed by atoms with Crippen LogP contribution in [0.4, 0.5) is 0 Å². The summed E-state index contributed by atoms with van der Waals surface area (Å²) in [4.78, 5) is 11.9. The number of halogens is 2. The molecule has 0 fully saturated rings. The van der Waals surface area contributed by atoms with Crippen molar-refractivity contribution >= 4 is 40.9 Å². The van der Waals surface area contributed by atoms with Crippen molar-refractivity contribution in [2.24, 2.45) is 0 Å². The molecule has 1 aromatic carbocycles. The van der Waals surface area contributed by atoms with Crippen molar-refractivity contribution in [3.8, 4) is 0 Å². The van der Waals surface area contributed by atoms with Gasteiger partial charge in [-0.15, -0.1) is 11.8 Å². The summed E-state index contributed by atoms with van der Waals surface area (Å²) in [6.07, 6.45) is 0.749. The van der Waals surface area contributed by atoms with Crippen molar-refractivity contribution < 1.29 is 9.90 Å². The van der Waals surface area contributed by atoms with Gasteiger partial charge < -0.3 is 5.11 Å². The van der Waals surface area contributed by atoms with Crippen molar-refractivity contribution in [2.75, 3.05) is 5.75 Å². The van der Waals surface area contributed by atoms with E-state index in [1.807, 2.05) is 0 Å². The predicted molar refractivity (Wildman–Crippen MR) is 57.8 cm³/mol. The van der Waals surface area contributed by atoms with Crippen LogP contribution in [0.15, 0.2) is 11.0 Å². The number of benzene rings is 1. The lowest BCUT2D eigenvalue weighted by molar-refractivity contribution is 0.0695. The van der Waals surface area contributed by atoms with Crippen LogP contribution in [0.2, 0.25) is 10.0 Å². The molecule has 2 rings (SSSR count). The van der Waals surface area contributed by atoms with E-state index in [0.29, 0.717) is 5.02 Å². The normalized spacial score (nSPS) is 14.1. The van der Waals surface area contributed by atoms with E-state index in [1.165, 1.54) is 0 Å². The molecule has 0 amide bonds. The number of carboxylic acids is 1. The number of carbonyl (C=O) groups is 1. The zero-order valence-electron chi connectivity index (χ0n) is 7.01. The molecular weight excluding hydrogens is 243 g/mol. The Labute approximate surface area is 95.2 Å². The molecule has 74 valence electrons. The maximum Gasteiger partial charge on any atom is 0.337 e. The Kier molecular flexibility index (Phi) is 2.64. The summed E-state index contributed by atoms with van der Waals surface area (Å²) < 4.78 is 0. The van der Waals surface area contributed by atoms with Gasteiger partial charge in [-0.3, -0.25) is 0 Å². The van der Waals surface area contributed by atoms with Gasteiger partial charge in [0.15, 0.2) is 0 Å². The standard InChI is InChI=1S/C9H6Cl2O2S/c10-5-3-6-4(1-2-14-6)7(8(5)11)9(12)13/h3H,1-2H2,(H,12,13). The molecule has 5 heteroatoms. The van der Waals surface area contributed by atoms with Gasteiger partial charge >= 0.3 is 5.97 Å². The van der Waals surface area contributed by atoms with Crippen molar-refractivity contribution in [2.45, 2.75) is 11.3 Å². The van der Waals surface area contributed by atoms with Gasteiger partial charge in [-0.2, -0.15) is 0 Å². The van der Waals surface area contributed by atoms with Crippen molar-refractivity contribution in [1.29, 1.82) is 0 Å². The molecule has 0 saturated heterocycles. The van der Waals surface area contributed by atoms with Crippen LogP contribution >= 0.6 is 35.0 Å². The molecule has 0 bridgehead atoms. The highest BCUT2D eigenvalue weighted by Gasteiger charge is 2.24. The lowest BCUT2D eigenvalue weighted by Gasteiger charge is -2.07. The van der Waals surface area contributed by atoms with Crippen LogP contribution in [0.25, 0.3) is 0 Å². The molecule has 1 heterocycles. The second kappa shape index (κ2) is 3.65. The highest BCUT2D eigenvalue weighted by atomic mass is 35.5. The summed E-state index contributed by atoms with van der Waals surface area (Å²) in [6, 6.07) is 1.74. The molecule has 1 aliphatic heterocycles. The number of fused-ring (bicyclic) bond motifs is 1. The average Bonchev–Trinajstić information content (AvgIpc) is 2.52. The molecule has 1 N–H and O–H groups in total. The minimum atomic E-state index is -1.00. The highest BCUT2D eigenvalue weighted by molar-refractivity contribution is 7.99.